The molecule has 0 radical (unpaired) electrons. The van der Waals surface area contributed by atoms with Crippen molar-refractivity contribution in [1.29, 1.82) is 0 Å². The first-order chi connectivity index (χ1) is 11.3. The van der Waals surface area contributed by atoms with Gasteiger partial charge in [-0.25, -0.2) is 0 Å². The third-order valence-electron chi connectivity index (χ3n) is 3.67. The molecule has 1 amide bonds. The van der Waals surface area contributed by atoms with Crippen molar-refractivity contribution in [2.45, 2.75) is 19.1 Å². The Labute approximate surface area is 138 Å². The van der Waals surface area contributed by atoms with Crippen molar-refractivity contribution in [3.8, 4) is 5.75 Å². The summed E-state index contributed by atoms with van der Waals surface area (Å²) in [5.41, 5.74) is 0.140. The summed E-state index contributed by atoms with van der Waals surface area (Å²) in [6.45, 7) is -0.0926. The lowest BCUT2D eigenvalue weighted by molar-refractivity contribution is -0.139. The van der Waals surface area contributed by atoms with Gasteiger partial charge in [0.2, 0.25) is 5.91 Å². The van der Waals surface area contributed by atoms with Crippen molar-refractivity contribution in [3.05, 3.63) is 65.2 Å². The molecule has 0 spiro atoms. The SMILES string of the molecule is COc1ccc(CC(=O)N(C)Cc2ccccc2C(F)(F)F)cc1. The number of ether oxygens (including phenoxy) is 1. The minimum atomic E-state index is -4.43. The summed E-state index contributed by atoms with van der Waals surface area (Å²) in [5.74, 6) is 0.427. The fraction of sp³-hybridized carbons (Fsp3) is 0.278. The summed E-state index contributed by atoms with van der Waals surface area (Å²) >= 11 is 0. The molecule has 24 heavy (non-hydrogen) atoms. The second-order valence-corrected chi connectivity index (χ2v) is 5.43. The van der Waals surface area contributed by atoms with Crippen LogP contribution in [-0.4, -0.2) is 25.0 Å². The van der Waals surface area contributed by atoms with Crippen LogP contribution in [0.4, 0.5) is 13.2 Å². The molecular formula is C18H18F3NO2. The average Bonchev–Trinajstić information content (AvgIpc) is 2.55. The monoisotopic (exact) mass is 337 g/mol. The van der Waals surface area contributed by atoms with Gasteiger partial charge in [-0.3, -0.25) is 4.79 Å². The molecule has 0 aromatic heterocycles. The lowest BCUT2D eigenvalue weighted by atomic mass is 10.1. The Balaban J connectivity index is 2.06. The molecular weight excluding hydrogens is 319 g/mol. The summed E-state index contributed by atoms with van der Waals surface area (Å²) < 4.78 is 44.1. The summed E-state index contributed by atoms with van der Waals surface area (Å²) in [7, 11) is 3.05. The molecule has 0 aliphatic rings. The maximum Gasteiger partial charge on any atom is 0.416 e. The highest BCUT2D eigenvalue weighted by Gasteiger charge is 2.33. The summed E-state index contributed by atoms with van der Waals surface area (Å²) in [5, 5.41) is 0. The fourth-order valence-electron chi connectivity index (χ4n) is 2.33. The molecule has 0 saturated heterocycles. The van der Waals surface area contributed by atoms with Gasteiger partial charge in [0, 0.05) is 13.6 Å². The van der Waals surface area contributed by atoms with Crippen LogP contribution in [0.5, 0.6) is 5.75 Å². The van der Waals surface area contributed by atoms with Crippen LogP contribution in [0.15, 0.2) is 48.5 Å². The summed E-state index contributed by atoms with van der Waals surface area (Å²) in [6.07, 6.45) is -4.31. The number of alkyl halides is 3. The van der Waals surface area contributed by atoms with Gasteiger partial charge in [-0.15, -0.1) is 0 Å². The van der Waals surface area contributed by atoms with Gasteiger partial charge in [0.05, 0.1) is 19.1 Å². The molecule has 0 unspecified atom stereocenters. The number of methoxy groups -OCH3 is 1. The minimum absolute atomic E-state index is 0.0792. The van der Waals surface area contributed by atoms with Gasteiger partial charge in [-0.05, 0) is 29.3 Å². The Morgan fingerprint density at radius 2 is 1.71 bits per heavy atom. The van der Waals surface area contributed by atoms with Gasteiger partial charge < -0.3 is 9.64 Å². The van der Waals surface area contributed by atoms with E-state index < -0.39 is 11.7 Å². The third kappa shape index (κ3) is 4.50. The number of carbonyl (C=O) groups is 1. The normalized spacial score (nSPS) is 11.2. The van der Waals surface area contributed by atoms with E-state index in [1.165, 1.54) is 30.1 Å². The number of hydrogen-bond acceptors (Lipinski definition) is 2. The number of amides is 1. The zero-order chi connectivity index (χ0) is 17.7. The van der Waals surface area contributed by atoms with Gasteiger partial charge in [0.15, 0.2) is 0 Å². The number of halogens is 3. The first-order valence-electron chi connectivity index (χ1n) is 7.33. The van der Waals surface area contributed by atoms with Gasteiger partial charge in [-0.2, -0.15) is 13.2 Å². The summed E-state index contributed by atoms with van der Waals surface area (Å²) in [6, 6.07) is 12.3. The Morgan fingerprint density at radius 1 is 1.08 bits per heavy atom. The van der Waals surface area contributed by atoms with Crippen molar-refractivity contribution in [2.24, 2.45) is 0 Å². The van der Waals surface area contributed by atoms with Gasteiger partial charge in [0.1, 0.15) is 5.75 Å². The molecule has 6 heteroatoms. The van der Waals surface area contributed by atoms with E-state index in [0.29, 0.717) is 5.75 Å². The van der Waals surface area contributed by atoms with Crippen LogP contribution in [0.1, 0.15) is 16.7 Å². The molecule has 0 fully saturated rings. The Bertz CT molecular complexity index is 696. The molecule has 0 saturated carbocycles. The molecule has 2 aromatic carbocycles. The zero-order valence-electron chi connectivity index (χ0n) is 13.4. The first kappa shape index (κ1) is 17.8. The van der Waals surface area contributed by atoms with E-state index in [9.17, 15) is 18.0 Å². The molecule has 0 bridgehead atoms. The first-order valence-corrected chi connectivity index (χ1v) is 7.33. The van der Waals surface area contributed by atoms with Crippen LogP contribution in [0.3, 0.4) is 0 Å². The Kier molecular flexibility index (Phi) is 5.49. The molecule has 0 heterocycles. The van der Waals surface area contributed by atoms with Crippen molar-refractivity contribution < 1.29 is 22.7 Å². The largest absolute Gasteiger partial charge is 0.497 e. The molecule has 0 N–H and O–H groups in total. The lowest BCUT2D eigenvalue weighted by Crippen LogP contribution is -2.28. The molecule has 2 rings (SSSR count). The highest BCUT2D eigenvalue weighted by molar-refractivity contribution is 5.78. The second-order valence-electron chi connectivity index (χ2n) is 5.43. The standard InChI is InChI=1S/C18H18F3NO2/c1-22(12-14-5-3-4-6-16(14)18(19,20)21)17(23)11-13-7-9-15(24-2)10-8-13/h3-10H,11-12H2,1-2H3. The van der Waals surface area contributed by atoms with E-state index in [-0.39, 0.29) is 24.4 Å². The fourth-order valence-corrected chi connectivity index (χ4v) is 2.33. The Hall–Kier alpha value is -2.50. The van der Waals surface area contributed by atoms with E-state index in [1.807, 2.05) is 0 Å². The van der Waals surface area contributed by atoms with Crippen molar-refractivity contribution in [3.63, 3.8) is 0 Å². The molecule has 2 aromatic rings. The number of hydrogen-bond donors (Lipinski definition) is 0. The van der Waals surface area contributed by atoms with Gasteiger partial charge in [0.25, 0.3) is 0 Å². The van der Waals surface area contributed by atoms with Crippen LogP contribution in [-0.2, 0) is 23.9 Å². The minimum Gasteiger partial charge on any atom is -0.497 e. The zero-order valence-corrected chi connectivity index (χ0v) is 13.4. The molecule has 128 valence electrons. The van der Waals surface area contributed by atoms with E-state index in [0.717, 1.165) is 11.6 Å². The molecule has 0 atom stereocenters. The lowest BCUT2D eigenvalue weighted by Gasteiger charge is -2.20. The Morgan fingerprint density at radius 3 is 2.29 bits per heavy atom. The average molecular weight is 337 g/mol. The maximum atomic E-state index is 13.0. The summed E-state index contributed by atoms with van der Waals surface area (Å²) in [4.78, 5) is 13.5. The van der Waals surface area contributed by atoms with Crippen LogP contribution in [0.25, 0.3) is 0 Å². The number of rotatable bonds is 5. The van der Waals surface area contributed by atoms with E-state index >= 15 is 0 Å². The number of carbonyl (C=O) groups excluding carboxylic acids is 1. The van der Waals surface area contributed by atoms with Crippen LogP contribution in [0, 0.1) is 0 Å². The van der Waals surface area contributed by atoms with E-state index in [1.54, 1.807) is 31.4 Å². The highest BCUT2D eigenvalue weighted by atomic mass is 19.4. The number of nitrogens with zero attached hydrogens (tertiary/aromatic N) is 1. The molecule has 3 nitrogen and oxygen atoms in total. The maximum absolute atomic E-state index is 13.0. The smallest absolute Gasteiger partial charge is 0.416 e. The highest BCUT2D eigenvalue weighted by Crippen LogP contribution is 2.32. The number of likely N-dealkylation sites (N-methyl/N-ethyl adjacent to an activating group) is 1. The second kappa shape index (κ2) is 7.38. The predicted molar refractivity (Wildman–Crippen MR) is 84.6 cm³/mol. The van der Waals surface area contributed by atoms with Crippen LogP contribution in [0.2, 0.25) is 0 Å². The van der Waals surface area contributed by atoms with E-state index in [2.05, 4.69) is 0 Å². The topological polar surface area (TPSA) is 29.5 Å². The van der Waals surface area contributed by atoms with Crippen molar-refractivity contribution >= 4 is 5.91 Å². The number of benzene rings is 2. The van der Waals surface area contributed by atoms with Gasteiger partial charge >= 0.3 is 6.18 Å². The van der Waals surface area contributed by atoms with E-state index in [4.69, 9.17) is 4.74 Å². The third-order valence-corrected chi connectivity index (χ3v) is 3.67. The van der Waals surface area contributed by atoms with Crippen LogP contribution < -0.4 is 4.74 Å². The van der Waals surface area contributed by atoms with Crippen molar-refractivity contribution in [2.75, 3.05) is 14.2 Å². The predicted octanol–water partition coefficient (Wildman–Crippen LogP) is 3.92. The quantitative estimate of drug-likeness (QED) is 0.828. The van der Waals surface area contributed by atoms with Crippen molar-refractivity contribution in [1.82, 2.24) is 4.90 Å². The molecule has 0 aliphatic carbocycles. The molecule has 0 aliphatic heterocycles. The van der Waals surface area contributed by atoms with Crippen LogP contribution >= 0.6 is 0 Å². The van der Waals surface area contributed by atoms with Gasteiger partial charge in [-0.1, -0.05) is 30.3 Å².